The summed E-state index contributed by atoms with van der Waals surface area (Å²) in [4.78, 5) is 70.5. The zero-order valence-electron chi connectivity index (χ0n) is 34.1. The Labute approximate surface area is 333 Å². The molecule has 13 nitrogen and oxygen atoms in total. The largest absolute Gasteiger partial charge is 0.346 e. The van der Waals surface area contributed by atoms with Crippen molar-refractivity contribution in [3.05, 3.63) is 55.1 Å². The molecule has 6 atom stereocenters. The van der Waals surface area contributed by atoms with Crippen molar-refractivity contribution in [2.45, 2.75) is 129 Å². The van der Waals surface area contributed by atoms with Gasteiger partial charge in [-0.25, -0.2) is 13.2 Å². The minimum Gasteiger partial charge on any atom is -0.346 e. The maximum atomic E-state index is 14.8. The molecule has 310 valence electrons. The summed E-state index contributed by atoms with van der Waals surface area (Å²) in [5, 5.41) is 11.3. The molecule has 4 rings (SSSR count). The van der Waals surface area contributed by atoms with Crippen molar-refractivity contribution in [1.29, 1.82) is 0 Å². The fourth-order valence-electron chi connectivity index (χ4n) is 8.57. The number of fused-ring (bicyclic) bond motifs is 1. The molecule has 2 unspecified atom stereocenters. The number of carbonyl (C=O) groups is 5. The Morgan fingerprint density at radius 2 is 1.64 bits per heavy atom. The van der Waals surface area contributed by atoms with Crippen LogP contribution in [0.25, 0.3) is 0 Å². The van der Waals surface area contributed by atoms with Crippen molar-refractivity contribution in [1.82, 2.24) is 30.5 Å². The SMILES string of the molecule is C=CCNC(=O)C(=O)C(CCC)NC(=O)[C@@H]1C[C@@H](C(C=C)C(C)C)CN1C(=O)[C@@H](NC(=O)N[C@H](CN1Cc2ccccc2S1(=O)=O)C1CCCCC1)C(C)(C)C. The summed E-state index contributed by atoms with van der Waals surface area (Å²) in [6, 6.07) is 2.73. The molecule has 1 aromatic rings. The van der Waals surface area contributed by atoms with Crippen LogP contribution in [0.5, 0.6) is 0 Å². The number of ketones is 1. The molecule has 0 bridgehead atoms. The van der Waals surface area contributed by atoms with Crippen LogP contribution in [0, 0.1) is 29.1 Å². The van der Waals surface area contributed by atoms with Crippen LogP contribution in [0.15, 0.2) is 54.5 Å². The van der Waals surface area contributed by atoms with Crippen LogP contribution in [-0.4, -0.2) is 91.0 Å². The first kappa shape index (κ1) is 44.7. The van der Waals surface area contributed by atoms with Crippen LogP contribution in [0.3, 0.4) is 0 Å². The van der Waals surface area contributed by atoms with Crippen molar-refractivity contribution in [3.8, 4) is 0 Å². The quantitative estimate of drug-likeness (QED) is 0.131. The number of urea groups is 1. The molecule has 3 aliphatic rings. The van der Waals surface area contributed by atoms with Crippen LogP contribution >= 0.6 is 0 Å². The Morgan fingerprint density at radius 1 is 0.964 bits per heavy atom. The van der Waals surface area contributed by atoms with E-state index >= 15 is 0 Å². The van der Waals surface area contributed by atoms with Gasteiger partial charge in [-0.3, -0.25) is 19.2 Å². The lowest BCUT2D eigenvalue weighted by Gasteiger charge is -2.37. The average Bonchev–Trinajstić information content (AvgIpc) is 3.70. The molecule has 0 aromatic heterocycles. The maximum absolute atomic E-state index is 14.8. The number of allylic oxidation sites excluding steroid dienone is 1. The molecule has 1 aromatic carbocycles. The Hall–Kier alpha value is -4.04. The highest BCUT2D eigenvalue weighted by Crippen LogP contribution is 2.36. The number of rotatable bonds is 17. The second kappa shape index (κ2) is 19.4. The fraction of sp³-hybridized carbons (Fsp3) is 0.643. The minimum absolute atomic E-state index is 0.0190. The zero-order chi connectivity index (χ0) is 41.4. The molecule has 0 radical (unpaired) electrons. The van der Waals surface area contributed by atoms with Crippen LogP contribution in [-0.2, 0) is 35.7 Å². The van der Waals surface area contributed by atoms with Crippen molar-refractivity contribution in [2.75, 3.05) is 19.6 Å². The molecule has 1 saturated heterocycles. The molecule has 2 fully saturated rings. The topological polar surface area (TPSA) is 174 Å². The van der Waals surface area contributed by atoms with E-state index in [4.69, 9.17) is 0 Å². The van der Waals surface area contributed by atoms with Gasteiger partial charge in [0.05, 0.1) is 10.9 Å². The highest BCUT2D eigenvalue weighted by atomic mass is 32.2. The molecule has 1 aliphatic carbocycles. The molecular weight excluding hydrogens is 733 g/mol. The van der Waals surface area contributed by atoms with Gasteiger partial charge >= 0.3 is 6.03 Å². The summed E-state index contributed by atoms with van der Waals surface area (Å²) < 4.78 is 28.5. The van der Waals surface area contributed by atoms with E-state index in [1.54, 1.807) is 18.2 Å². The van der Waals surface area contributed by atoms with Gasteiger partial charge in [-0.1, -0.05) is 97.6 Å². The minimum atomic E-state index is -3.74. The summed E-state index contributed by atoms with van der Waals surface area (Å²) in [6.45, 7) is 19.7. The van der Waals surface area contributed by atoms with Gasteiger partial charge in [0.25, 0.3) is 5.91 Å². The van der Waals surface area contributed by atoms with E-state index in [0.29, 0.717) is 12.8 Å². The van der Waals surface area contributed by atoms with Gasteiger partial charge in [-0.15, -0.1) is 13.2 Å². The number of amides is 5. The van der Waals surface area contributed by atoms with Crippen molar-refractivity contribution in [3.63, 3.8) is 0 Å². The Balaban J connectivity index is 1.59. The normalized spacial score (nSPS) is 21.9. The Kier molecular flexibility index (Phi) is 15.5. The van der Waals surface area contributed by atoms with Crippen molar-refractivity contribution >= 4 is 39.6 Å². The third kappa shape index (κ3) is 10.7. The average molecular weight is 797 g/mol. The number of likely N-dealkylation sites (tertiary alicyclic amines) is 1. The van der Waals surface area contributed by atoms with E-state index < -0.39 is 69.1 Å². The monoisotopic (exact) mass is 796 g/mol. The fourth-order valence-corrected chi connectivity index (χ4v) is 10.2. The highest BCUT2D eigenvalue weighted by molar-refractivity contribution is 7.89. The molecule has 0 spiro atoms. The lowest BCUT2D eigenvalue weighted by atomic mass is 9.82. The van der Waals surface area contributed by atoms with E-state index in [2.05, 4.69) is 48.3 Å². The van der Waals surface area contributed by atoms with E-state index in [1.165, 1.54) is 15.3 Å². The van der Waals surface area contributed by atoms with Gasteiger partial charge in [-0.05, 0) is 66.4 Å². The third-order valence-corrected chi connectivity index (χ3v) is 13.5. The first-order valence-corrected chi connectivity index (χ1v) is 21.7. The van der Waals surface area contributed by atoms with Crippen LogP contribution in [0.2, 0.25) is 0 Å². The summed E-state index contributed by atoms with van der Waals surface area (Å²) in [7, 11) is -3.74. The maximum Gasteiger partial charge on any atom is 0.315 e. The lowest BCUT2D eigenvalue weighted by molar-refractivity contribution is -0.143. The highest BCUT2D eigenvalue weighted by Gasteiger charge is 2.47. The first-order valence-electron chi connectivity index (χ1n) is 20.3. The summed E-state index contributed by atoms with van der Waals surface area (Å²) >= 11 is 0. The molecule has 2 aliphatic heterocycles. The number of Topliss-reactive ketones (excluding diaryl/α,β-unsaturated/α-hetero) is 1. The van der Waals surface area contributed by atoms with Gasteiger partial charge in [-0.2, -0.15) is 4.31 Å². The molecule has 4 N–H and O–H groups in total. The zero-order valence-corrected chi connectivity index (χ0v) is 35.0. The summed E-state index contributed by atoms with van der Waals surface area (Å²) in [5.74, 6) is -2.51. The second-order valence-corrected chi connectivity index (χ2v) is 19.0. The molecule has 5 amide bonds. The Morgan fingerprint density at radius 3 is 2.23 bits per heavy atom. The van der Waals surface area contributed by atoms with Crippen molar-refractivity contribution < 1.29 is 32.4 Å². The van der Waals surface area contributed by atoms with Gasteiger partial charge in [0.2, 0.25) is 27.6 Å². The van der Waals surface area contributed by atoms with E-state index in [1.807, 2.05) is 39.8 Å². The molecule has 56 heavy (non-hydrogen) atoms. The molecule has 14 heteroatoms. The van der Waals surface area contributed by atoms with E-state index in [9.17, 15) is 32.4 Å². The van der Waals surface area contributed by atoms with Crippen LogP contribution in [0.1, 0.15) is 98.5 Å². The predicted molar refractivity (Wildman–Crippen MR) is 216 cm³/mol. The smallest absolute Gasteiger partial charge is 0.315 e. The number of nitrogens with one attached hydrogen (secondary N) is 4. The van der Waals surface area contributed by atoms with E-state index in [-0.39, 0.29) is 61.2 Å². The number of carbonyl (C=O) groups excluding carboxylic acids is 5. The van der Waals surface area contributed by atoms with Gasteiger partial charge in [0.15, 0.2) is 0 Å². The summed E-state index contributed by atoms with van der Waals surface area (Å²) in [6.07, 6.45) is 9.10. The van der Waals surface area contributed by atoms with Gasteiger partial charge < -0.3 is 26.2 Å². The number of sulfonamides is 1. The van der Waals surface area contributed by atoms with E-state index in [0.717, 1.165) is 37.7 Å². The van der Waals surface area contributed by atoms with Crippen LogP contribution in [0.4, 0.5) is 4.79 Å². The lowest BCUT2D eigenvalue weighted by Crippen LogP contribution is -2.61. The summed E-state index contributed by atoms with van der Waals surface area (Å²) in [5.41, 5.74) is -0.0778. The van der Waals surface area contributed by atoms with Crippen molar-refractivity contribution in [2.24, 2.45) is 29.1 Å². The number of hydrogen-bond donors (Lipinski definition) is 4. The van der Waals surface area contributed by atoms with Crippen LogP contribution < -0.4 is 21.3 Å². The number of benzene rings is 1. The van der Waals surface area contributed by atoms with Gasteiger partial charge in [0, 0.05) is 32.2 Å². The molecule has 2 heterocycles. The first-order chi connectivity index (χ1) is 26.4. The standard InChI is InChI=1S/C42H64N6O7S/c1-9-17-32(36(49)39(51)43-22-10-2)44-38(50)34-23-30(31(11-3)27(4)5)25-48(34)40(52)37(42(6,7)8)46-41(53)45-33(28-18-13-12-14-19-28)26-47-24-29-20-15-16-21-35(29)56(47,54)55/h10-11,15-16,20-21,27-28,30-34,37H,2-3,9,12-14,17-19,22-26H2,1,4-8H3,(H,43,51)(H,44,50)(H2,45,46,53)/t30-,31?,32?,33-,34+,37-/m1/s1. The number of hydrogen-bond acceptors (Lipinski definition) is 7. The third-order valence-electron chi connectivity index (χ3n) is 11.6. The Bertz CT molecular complexity index is 1720. The predicted octanol–water partition coefficient (Wildman–Crippen LogP) is 4.69. The van der Waals surface area contributed by atoms with Gasteiger partial charge in [0.1, 0.15) is 12.1 Å². The molecule has 1 saturated carbocycles. The number of nitrogens with zero attached hydrogens (tertiary/aromatic N) is 2. The molecular formula is C42H64N6O7S. The second-order valence-electron chi connectivity index (χ2n) is 17.1.